The van der Waals surface area contributed by atoms with Crippen LogP contribution in [0.15, 0.2) is 162 Å². The molecular formula is C42H26O. The first-order valence-corrected chi connectivity index (χ1v) is 14.8. The van der Waals surface area contributed by atoms with Crippen LogP contribution in [-0.2, 0) is 0 Å². The van der Waals surface area contributed by atoms with Gasteiger partial charge in [0, 0.05) is 16.3 Å². The molecule has 7 aromatic carbocycles. The molecule has 0 aliphatic heterocycles. The van der Waals surface area contributed by atoms with Crippen LogP contribution in [0.25, 0.3) is 88.7 Å². The van der Waals surface area contributed by atoms with Gasteiger partial charge in [-0.05, 0) is 67.3 Å². The smallest absolute Gasteiger partial charge is 0.143 e. The summed E-state index contributed by atoms with van der Waals surface area (Å²) in [5.74, 6) is 0. The molecule has 200 valence electrons. The Bertz CT molecular complexity index is 2330. The Kier molecular flexibility index (Phi) is 5.27. The highest BCUT2D eigenvalue weighted by atomic mass is 16.3. The van der Waals surface area contributed by atoms with Crippen molar-refractivity contribution in [3.05, 3.63) is 158 Å². The van der Waals surface area contributed by atoms with E-state index < -0.39 is 0 Å². The zero-order chi connectivity index (χ0) is 28.3. The standard InChI is InChI=1S/C42H26O/c1-2-12-32-31(11-1)33-13-3-4-14-35(33)38-20-9-18-29(41(38)37-17-6-5-15-34(32)37)27-23-25-28(26-24-27)30-19-10-21-39-36-16-7-8-22-40(36)43-42(30)39/h1-26H. The van der Waals surface area contributed by atoms with Gasteiger partial charge in [0.15, 0.2) is 0 Å². The predicted octanol–water partition coefficient (Wildman–Crippen LogP) is 11.9. The van der Waals surface area contributed by atoms with Crippen LogP contribution < -0.4 is 0 Å². The molecule has 0 bridgehead atoms. The number of hydrogen-bond donors (Lipinski definition) is 0. The van der Waals surface area contributed by atoms with Gasteiger partial charge in [0.25, 0.3) is 0 Å². The second-order valence-corrected chi connectivity index (χ2v) is 11.2. The Morgan fingerprint density at radius 2 is 0.698 bits per heavy atom. The van der Waals surface area contributed by atoms with Gasteiger partial charge in [-0.25, -0.2) is 0 Å². The maximum absolute atomic E-state index is 6.35. The average Bonchev–Trinajstić information content (AvgIpc) is 3.47. The summed E-state index contributed by atoms with van der Waals surface area (Å²) in [4.78, 5) is 0. The lowest BCUT2D eigenvalue weighted by molar-refractivity contribution is 0.670. The van der Waals surface area contributed by atoms with E-state index in [0.29, 0.717) is 0 Å². The van der Waals surface area contributed by atoms with E-state index in [1.54, 1.807) is 0 Å². The Morgan fingerprint density at radius 3 is 1.37 bits per heavy atom. The van der Waals surface area contributed by atoms with Gasteiger partial charge < -0.3 is 4.42 Å². The Labute approximate surface area is 250 Å². The van der Waals surface area contributed by atoms with Crippen molar-refractivity contribution in [3.63, 3.8) is 0 Å². The van der Waals surface area contributed by atoms with E-state index in [1.807, 2.05) is 12.1 Å². The molecule has 1 heterocycles. The molecule has 0 fully saturated rings. The molecule has 0 N–H and O–H groups in total. The zero-order valence-corrected chi connectivity index (χ0v) is 23.4. The van der Waals surface area contributed by atoms with Crippen LogP contribution in [0.4, 0.5) is 0 Å². The summed E-state index contributed by atoms with van der Waals surface area (Å²) in [6.07, 6.45) is 0. The van der Waals surface area contributed by atoms with E-state index in [-0.39, 0.29) is 0 Å². The molecule has 1 aromatic heterocycles. The predicted molar refractivity (Wildman–Crippen MR) is 180 cm³/mol. The first kappa shape index (κ1) is 24.0. The molecule has 43 heavy (non-hydrogen) atoms. The van der Waals surface area contributed by atoms with Crippen LogP contribution in [-0.4, -0.2) is 0 Å². The number of benzene rings is 7. The molecular weight excluding hydrogens is 520 g/mol. The topological polar surface area (TPSA) is 13.1 Å². The fraction of sp³-hybridized carbons (Fsp3) is 0. The van der Waals surface area contributed by atoms with Crippen LogP contribution in [0, 0.1) is 0 Å². The van der Waals surface area contributed by atoms with Crippen molar-refractivity contribution in [2.75, 3.05) is 0 Å². The molecule has 0 spiro atoms. The second kappa shape index (κ2) is 9.44. The van der Waals surface area contributed by atoms with Crippen LogP contribution in [0.3, 0.4) is 0 Å². The van der Waals surface area contributed by atoms with Gasteiger partial charge in [-0.2, -0.15) is 0 Å². The number of furan rings is 1. The van der Waals surface area contributed by atoms with E-state index in [4.69, 9.17) is 4.42 Å². The number of hydrogen-bond acceptors (Lipinski definition) is 1. The summed E-state index contributed by atoms with van der Waals surface area (Å²) in [6.45, 7) is 0. The van der Waals surface area contributed by atoms with Gasteiger partial charge in [0.1, 0.15) is 11.2 Å². The SMILES string of the molecule is c1ccc2c(c1)-c1ccccc1-c1cccc(-c3ccc(-c4cccc5c4oc4ccccc45)cc3)c1-c1ccccc1-2. The molecule has 1 heteroatoms. The highest BCUT2D eigenvalue weighted by Gasteiger charge is 2.23. The second-order valence-electron chi connectivity index (χ2n) is 11.2. The lowest BCUT2D eigenvalue weighted by Gasteiger charge is -2.25. The molecule has 0 unspecified atom stereocenters. The van der Waals surface area contributed by atoms with Gasteiger partial charge in [0.05, 0.1) is 0 Å². The molecule has 1 aliphatic rings. The first-order chi connectivity index (χ1) is 21.3. The van der Waals surface area contributed by atoms with Crippen LogP contribution in [0.1, 0.15) is 0 Å². The van der Waals surface area contributed by atoms with Gasteiger partial charge >= 0.3 is 0 Å². The van der Waals surface area contributed by atoms with Crippen molar-refractivity contribution < 1.29 is 4.42 Å². The Hall–Kier alpha value is -5.66. The lowest BCUT2D eigenvalue weighted by Crippen LogP contribution is -1.98. The quantitative estimate of drug-likeness (QED) is 0.210. The van der Waals surface area contributed by atoms with Crippen LogP contribution in [0.2, 0.25) is 0 Å². The third-order valence-corrected chi connectivity index (χ3v) is 8.90. The molecule has 9 rings (SSSR count). The van der Waals surface area contributed by atoms with E-state index in [1.165, 1.54) is 55.6 Å². The third kappa shape index (κ3) is 3.65. The van der Waals surface area contributed by atoms with Crippen molar-refractivity contribution in [2.45, 2.75) is 0 Å². The van der Waals surface area contributed by atoms with Gasteiger partial charge in [-0.15, -0.1) is 0 Å². The largest absolute Gasteiger partial charge is 0.455 e. The highest BCUT2D eigenvalue weighted by molar-refractivity contribution is 6.10. The molecule has 1 aliphatic carbocycles. The minimum absolute atomic E-state index is 0.921. The fourth-order valence-corrected chi connectivity index (χ4v) is 6.95. The van der Waals surface area contributed by atoms with Crippen LogP contribution in [0.5, 0.6) is 0 Å². The minimum Gasteiger partial charge on any atom is -0.455 e. The molecule has 0 radical (unpaired) electrons. The Morgan fingerprint density at radius 1 is 0.279 bits per heavy atom. The monoisotopic (exact) mass is 546 g/mol. The fourth-order valence-electron chi connectivity index (χ4n) is 6.95. The van der Waals surface area contributed by atoms with E-state index >= 15 is 0 Å². The summed E-state index contributed by atoms with van der Waals surface area (Å²) >= 11 is 0. The van der Waals surface area contributed by atoms with E-state index in [0.717, 1.165) is 33.1 Å². The first-order valence-electron chi connectivity index (χ1n) is 14.8. The van der Waals surface area contributed by atoms with Crippen LogP contribution >= 0.6 is 0 Å². The van der Waals surface area contributed by atoms with Crippen molar-refractivity contribution in [2.24, 2.45) is 0 Å². The van der Waals surface area contributed by atoms with E-state index in [9.17, 15) is 0 Å². The minimum atomic E-state index is 0.921. The van der Waals surface area contributed by atoms with Gasteiger partial charge in [0.2, 0.25) is 0 Å². The zero-order valence-electron chi connectivity index (χ0n) is 23.4. The molecule has 0 amide bonds. The molecule has 0 saturated heterocycles. The maximum Gasteiger partial charge on any atom is 0.143 e. The van der Waals surface area contributed by atoms with Gasteiger partial charge in [-0.3, -0.25) is 0 Å². The molecule has 8 aromatic rings. The summed E-state index contributed by atoms with van der Waals surface area (Å²) < 4.78 is 6.35. The number of rotatable bonds is 2. The molecule has 0 atom stereocenters. The summed E-state index contributed by atoms with van der Waals surface area (Å²) in [5, 5.41) is 2.30. The van der Waals surface area contributed by atoms with E-state index in [2.05, 4.69) is 146 Å². The van der Waals surface area contributed by atoms with Crippen molar-refractivity contribution in [3.8, 4) is 66.8 Å². The molecule has 1 nitrogen and oxygen atoms in total. The summed E-state index contributed by atoms with van der Waals surface area (Å²) in [5.41, 5.74) is 16.6. The normalized spacial score (nSPS) is 11.7. The van der Waals surface area contributed by atoms with Crippen molar-refractivity contribution in [1.82, 2.24) is 0 Å². The number of para-hydroxylation sites is 2. The average molecular weight is 547 g/mol. The molecule has 0 saturated carbocycles. The third-order valence-electron chi connectivity index (χ3n) is 8.90. The summed E-state index contributed by atoms with van der Waals surface area (Å²) in [7, 11) is 0. The Balaban J connectivity index is 1.25. The van der Waals surface area contributed by atoms with Crippen molar-refractivity contribution in [1.29, 1.82) is 0 Å². The highest BCUT2D eigenvalue weighted by Crippen LogP contribution is 2.50. The lowest BCUT2D eigenvalue weighted by atomic mass is 9.78. The summed E-state index contributed by atoms with van der Waals surface area (Å²) in [6, 6.07) is 56.9. The van der Waals surface area contributed by atoms with Crippen molar-refractivity contribution >= 4 is 21.9 Å². The maximum atomic E-state index is 6.35. The number of fused-ring (bicyclic) bond motifs is 11. The van der Waals surface area contributed by atoms with Gasteiger partial charge in [-0.1, -0.05) is 152 Å².